The average molecular weight is 251 g/mol. The number of hydrogen-bond donors (Lipinski definition) is 2. The predicted octanol–water partition coefficient (Wildman–Crippen LogP) is 2.90. The Morgan fingerprint density at radius 2 is 1.72 bits per heavy atom. The monoisotopic (exact) mass is 251 g/mol. The third-order valence-corrected chi connectivity index (χ3v) is 3.42. The molecule has 0 aliphatic heterocycles. The van der Waals surface area contributed by atoms with Gasteiger partial charge in [0.1, 0.15) is 5.75 Å². The third kappa shape index (κ3) is 4.00. The molecule has 0 heterocycles. The van der Waals surface area contributed by atoms with Crippen molar-refractivity contribution in [3.05, 3.63) is 29.8 Å². The highest BCUT2D eigenvalue weighted by molar-refractivity contribution is 5.29. The zero-order chi connectivity index (χ0) is 13.5. The topological polar surface area (TPSA) is 41.5 Å². The maximum absolute atomic E-state index is 10.3. The van der Waals surface area contributed by atoms with Crippen molar-refractivity contribution < 1.29 is 9.84 Å². The molecule has 2 atom stereocenters. The molecule has 0 amide bonds. The number of aliphatic hydroxyl groups excluding tert-OH is 1. The second-order valence-corrected chi connectivity index (χ2v) is 4.69. The number of rotatable bonds is 7. The highest BCUT2D eigenvalue weighted by atomic mass is 16.5. The van der Waals surface area contributed by atoms with Crippen LogP contribution in [-0.4, -0.2) is 24.3 Å². The van der Waals surface area contributed by atoms with E-state index in [2.05, 4.69) is 19.2 Å². The van der Waals surface area contributed by atoms with Gasteiger partial charge >= 0.3 is 0 Å². The molecular formula is C15H25NO2. The maximum atomic E-state index is 10.3. The van der Waals surface area contributed by atoms with E-state index in [1.165, 1.54) is 0 Å². The molecule has 0 radical (unpaired) electrons. The Morgan fingerprint density at radius 3 is 2.17 bits per heavy atom. The first-order valence-electron chi connectivity index (χ1n) is 6.70. The van der Waals surface area contributed by atoms with Gasteiger partial charge in [0.15, 0.2) is 0 Å². The van der Waals surface area contributed by atoms with Crippen molar-refractivity contribution >= 4 is 0 Å². The van der Waals surface area contributed by atoms with Crippen molar-refractivity contribution in [3.8, 4) is 5.75 Å². The zero-order valence-electron chi connectivity index (χ0n) is 11.8. The number of methoxy groups -OCH3 is 1. The quantitative estimate of drug-likeness (QED) is 0.783. The Labute approximate surface area is 110 Å². The predicted molar refractivity (Wildman–Crippen MR) is 74.9 cm³/mol. The van der Waals surface area contributed by atoms with E-state index in [1.54, 1.807) is 7.11 Å². The lowest BCUT2D eigenvalue weighted by Crippen LogP contribution is -2.39. The number of nitrogens with one attached hydrogen (secondary N) is 1. The van der Waals surface area contributed by atoms with Crippen LogP contribution in [0.3, 0.4) is 0 Å². The fourth-order valence-corrected chi connectivity index (χ4v) is 2.08. The summed E-state index contributed by atoms with van der Waals surface area (Å²) in [5, 5.41) is 13.8. The fraction of sp³-hybridized carbons (Fsp3) is 0.600. The summed E-state index contributed by atoms with van der Waals surface area (Å²) in [7, 11) is 1.64. The summed E-state index contributed by atoms with van der Waals surface area (Å²) >= 11 is 0. The van der Waals surface area contributed by atoms with Gasteiger partial charge in [-0.3, -0.25) is 0 Å². The van der Waals surface area contributed by atoms with Crippen LogP contribution in [0.15, 0.2) is 24.3 Å². The zero-order valence-corrected chi connectivity index (χ0v) is 11.8. The van der Waals surface area contributed by atoms with Crippen LogP contribution in [0.25, 0.3) is 0 Å². The summed E-state index contributed by atoms with van der Waals surface area (Å²) in [5.74, 6) is 0.812. The molecular weight excluding hydrogens is 226 g/mol. The van der Waals surface area contributed by atoms with Crippen molar-refractivity contribution in [2.24, 2.45) is 0 Å². The lowest BCUT2D eigenvalue weighted by molar-refractivity contribution is 0.128. The molecule has 0 saturated heterocycles. The number of benzene rings is 1. The van der Waals surface area contributed by atoms with Crippen LogP contribution in [0.2, 0.25) is 0 Å². The van der Waals surface area contributed by atoms with Gasteiger partial charge < -0.3 is 15.2 Å². The molecule has 0 aliphatic carbocycles. The first-order chi connectivity index (χ1) is 8.62. The van der Waals surface area contributed by atoms with Crippen LogP contribution in [0, 0.1) is 0 Å². The minimum atomic E-state index is -0.489. The van der Waals surface area contributed by atoms with Gasteiger partial charge in [0.25, 0.3) is 0 Å². The first-order valence-corrected chi connectivity index (χ1v) is 6.70. The van der Waals surface area contributed by atoms with E-state index in [9.17, 15) is 5.11 Å². The lowest BCUT2D eigenvalue weighted by atomic mass is 10.0. The molecule has 1 aromatic carbocycles. The van der Waals surface area contributed by atoms with E-state index in [0.717, 1.165) is 24.2 Å². The fourth-order valence-electron chi connectivity index (χ4n) is 2.08. The normalized spacial score (nSPS) is 14.6. The number of ether oxygens (including phenoxy) is 1. The third-order valence-electron chi connectivity index (χ3n) is 3.42. The van der Waals surface area contributed by atoms with Gasteiger partial charge in [-0.2, -0.15) is 0 Å². The van der Waals surface area contributed by atoms with E-state index >= 15 is 0 Å². The summed E-state index contributed by atoms with van der Waals surface area (Å²) in [6.45, 7) is 6.34. The second kappa shape index (κ2) is 7.39. The number of aliphatic hydroxyl groups is 1. The summed E-state index contributed by atoms with van der Waals surface area (Å²) < 4.78 is 5.11. The Kier molecular flexibility index (Phi) is 6.16. The van der Waals surface area contributed by atoms with Crippen LogP contribution >= 0.6 is 0 Å². The highest BCUT2D eigenvalue weighted by Crippen LogP contribution is 2.20. The summed E-state index contributed by atoms with van der Waals surface area (Å²) in [6, 6.07) is 8.09. The molecule has 2 unspecified atom stereocenters. The van der Waals surface area contributed by atoms with E-state index in [0.29, 0.717) is 6.04 Å². The maximum Gasteiger partial charge on any atom is 0.118 e. The molecule has 102 valence electrons. The molecule has 0 aliphatic rings. The van der Waals surface area contributed by atoms with E-state index in [-0.39, 0.29) is 6.04 Å². The Morgan fingerprint density at radius 1 is 1.17 bits per heavy atom. The van der Waals surface area contributed by atoms with Crippen LogP contribution in [0.5, 0.6) is 5.75 Å². The van der Waals surface area contributed by atoms with Gasteiger partial charge in [0, 0.05) is 12.1 Å². The molecule has 3 nitrogen and oxygen atoms in total. The van der Waals surface area contributed by atoms with Gasteiger partial charge in [0.05, 0.1) is 13.2 Å². The van der Waals surface area contributed by atoms with Crippen LogP contribution in [0.1, 0.15) is 45.3 Å². The molecule has 0 aromatic heterocycles. The lowest BCUT2D eigenvalue weighted by Gasteiger charge is -2.25. The molecule has 0 spiro atoms. The van der Waals surface area contributed by atoms with Crippen LogP contribution in [-0.2, 0) is 0 Å². The Bertz CT molecular complexity index is 333. The highest BCUT2D eigenvalue weighted by Gasteiger charge is 2.18. The minimum absolute atomic E-state index is 0.0447. The van der Waals surface area contributed by atoms with Crippen molar-refractivity contribution in [1.82, 2.24) is 5.32 Å². The first kappa shape index (κ1) is 15.0. The Hall–Kier alpha value is -1.06. The largest absolute Gasteiger partial charge is 0.497 e. The van der Waals surface area contributed by atoms with Crippen molar-refractivity contribution in [3.63, 3.8) is 0 Å². The SMILES string of the molecule is CCC(CC)NC(C)C(O)c1ccc(OC)cc1. The molecule has 3 heteroatoms. The van der Waals surface area contributed by atoms with Gasteiger partial charge in [-0.15, -0.1) is 0 Å². The molecule has 0 fully saturated rings. The molecule has 18 heavy (non-hydrogen) atoms. The Balaban J connectivity index is 2.64. The van der Waals surface area contributed by atoms with Crippen molar-refractivity contribution in [2.45, 2.75) is 51.8 Å². The van der Waals surface area contributed by atoms with Crippen LogP contribution in [0.4, 0.5) is 0 Å². The summed E-state index contributed by atoms with van der Waals surface area (Å²) in [6.07, 6.45) is 1.67. The standard InChI is InChI=1S/C15H25NO2/c1-5-13(6-2)16-11(3)15(17)12-7-9-14(18-4)10-8-12/h7-11,13,15-17H,5-6H2,1-4H3. The average Bonchev–Trinajstić information content (AvgIpc) is 2.43. The van der Waals surface area contributed by atoms with Gasteiger partial charge in [-0.25, -0.2) is 0 Å². The smallest absolute Gasteiger partial charge is 0.118 e. The molecule has 0 bridgehead atoms. The second-order valence-electron chi connectivity index (χ2n) is 4.69. The van der Waals surface area contributed by atoms with E-state index < -0.39 is 6.10 Å². The molecule has 1 rings (SSSR count). The molecule has 2 N–H and O–H groups in total. The van der Waals surface area contributed by atoms with E-state index in [4.69, 9.17) is 4.74 Å². The van der Waals surface area contributed by atoms with Gasteiger partial charge in [0.2, 0.25) is 0 Å². The van der Waals surface area contributed by atoms with E-state index in [1.807, 2.05) is 31.2 Å². The molecule has 0 saturated carbocycles. The van der Waals surface area contributed by atoms with Crippen molar-refractivity contribution in [2.75, 3.05) is 7.11 Å². The van der Waals surface area contributed by atoms with Gasteiger partial charge in [-0.1, -0.05) is 26.0 Å². The van der Waals surface area contributed by atoms with Gasteiger partial charge in [-0.05, 0) is 37.5 Å². The minimum Gasteiger partial charge on any atom is -0.497 e. The molecule has 1 aromatic rings. The van der Waals surface area contributed by atoms with Crippen LogP contribution < -0.4 is 10.1 Å². The number of hydrogen-bond acceptors (Lipinski definition) is 3. The van der Waals surface area contributed by atoms with Crippen molar-refractivity contribution in [1.29, 1.82) is 0 Å². The summed E-state index contributed by atoms with van der Waals surface area (Å²) in [5.41, 5.74) is 0.918. The summed E-state index contributed by atoms with van der Waals surface area (Å²) in [4.78, 5) is 0.